The van der Waals surface area contributed by atoms with Gasteiger partial charge in [0.2, 0.25) is 0 Å². The number of hydrogen-bond acceptors (Lipinski definition) is 4. The van der Waals surface area contributed by atoms with Gasteiger partial charge in [0.05, 0.1) is 24.3 Å². The SMILES string of the molecule is COc1cc(C#N)ccc1OC(=O)c1ccc2ccccc2c1. The molecule has 4 nitrogen and oxygen atoms in total. The molecule has 0 radical (unpaired) electrons. The molecule has 0 aliphatic heterocycles. The van der Waals surface area contributed by atoms with Crippen molar-refractivity contribution in [2.45, 2.75) is 0 Å². The van der Waals surface area contributed by atoms with Crippen LogP contribution in [0.5, 0.6) is 11.5 Å². The average Bonchev–Trinajstić information content (AvgIpc) is 2.61. The monoisotopic (exact) mass is 303 g/mol. The Kier molecular flexibility index (Phi) is 3.94. The van der Waals surface area contributed by atoms with Gasteiger partial charge in [0.15, 0.2) is 11.5 Å². The Morgan fingerprint density at radius 1 is 0.957 bits per heavy atom. The molecule has 0 saturated heterocycles. The molecule has 112 valence electrons. The Balaban J connectivity index is 1.90. The molecule has 0 spiro atoms. The molecule has 0 aliphatic rings. The van der Waals surface area contributed by atoms with E-state index >= 15 is 0 Å². The Morgan fingerprint density at radius 3 is 2.48 bits per heavy atom. The number of nitrogens with zero attached hydrogens (tertiary/aromatic N) is 1. The molecule has 0 saturated carbocycles. The summed E-state index contributed by atoms with van der Waals surface area (Å²) in [6.07, 6.45) is 0. The number of carbonyl (C=O) groups is 1. The van der Waals surface area contributed by atoms with Crippen LogP contribution < -0.4 is 9.47 Å². The fourth-order valence-electron chi connectivity index (χ4n) is 2.30. The first kappa shape index (κ1) is 14.6. The zero-order valence-corrected chi connectivity index (χ0v) is 12.4. The highest BCUT2D eigenvalue weighted by Crippen LogP contribution is 2.29. The van der Waals surface area contributed by atoms with Gasteiger partial charge in [0.25, 0.3) is 0 Å². The van der Waals surface area contributed by atoms with Gasteiger partial charge < -0.3 is 9.47 Å². The number of nitriles is 1. The summed E-state index contributed by atoms with van der Waals surface area (Å²) in [5, 5.41) is 10.9. The molecule has 0 unspecified atom stereocenters. The van der Waals surface area contributed by atoms with Crippen molar-refractivity contribution < 1.29 is 14.3 Å². The fraction of sp³-hybridized carbons (Fsp3) is 0.0526. The lowest BCUT2D eigenvalue weighted by atomic mass is 10.1. The van der Waals surface area contributed by atoms with Gasteiger partial charge in [-0.3, -0.25) is 0 Å². The van der Waals surface area contributed by atoms with Crippen molar-refractivity contribution in [1.29, 1.82) is 5.26 Å². The van der Waals surface area contributed by atoms with Crippen molar-refractivity contribution in [2.24, 2.45) is 0 Å². The Hall–Kier alpha value is -3.32. The lowest BCUT2D eigenvalue weighted by molar-refractivity contribution is 0.0730. The standard InChI is InChI=1S/C19H13NO3/c1-22-18-10-13(12-20)6-9-17(18)23-19(21)16-8-7-14-4-2-3-5-15(14)11-16/h2-11H,1H3. The second-order valence-electron chi connectivity index (χ2n) is 4.93. The highest BCUT2D eigenvalue weighted by atomic mass is 16.6. The van der Waals surface area contributed by atoms with E-state index in [0.29, 0.717) is 16.9 Å². The molecule has 23 heavy (non-hydrogen) atoms. The summed E-state index contributed by atoms with van der Waals surface area (Å²) in [6.45, 7) is 0. The molecule has 3 rings (SSSR count). The molecule has 0 amide bonds. The van der Waals surface area contributed by atoms with Crippen LogP contribution in [0.1, 0.15) is 15.9 Å². The molecule has 0 aliphatic carbocycles. The van der Waals surface area contributed by atoms with Crippen molar-refractivity contribution in [3.63, 3.8) is 0 Å². The Labute approximate surface area is 133 Å². The Bertz CT molecular complexity index is 925. The Morgan fingerprint density at radius 2 is 1.74 bits per heavy atom. The highest BCUT2D eigenvalue weighted by molar-refractivity contribution is 5.96. The minimum atomic E-state index is -0.473. The van der Waals surface area contributed by atoms with E-state index in [9.17, 15) is 4.79 Å². The summed E-state index contributed by atoms with van der Waals surface area (Å²) in [4.78, 5) is 12.3. The lowest BCUT2D eigenvalue weighted by Gasteiger charge is -2.09. The van der Waals surface area contributed by atoms with Crippen molar-refractivity contribution in [3.05, 3.63) is 71.8 Å². The van der Waals surface area contributed by atoms with E-state index in [1.165, 1.54) is 13.2 Å². The predicted molar refractivity (Wildman–Crippen MR) is 86.6 cm³/mol. The molecule has 0 aromatic heterocycles. The minimum Gasteiger partial charge on any atom is -0.493 e. The summed E-state index contributed by atoms with van der Waals surface area (Å²) in [7, 11) is 1.46. The van der Waals surface area contributed by atoms with E-state index in [1.807, 2.05) is 36.4 Å². The maximum Gasteiger partial charge on any atom is 0.343 e. The third-order valence-corrected chi connectivity index (χ3v) is 3.48. The van der Waals surface area contributed by atoms with E-state index in [4.69, 9.17) is 14.7 Å². The molecule has 0 heterocycles. The predicted octanol–water partition coefficient (Wildman–Crippen LogP) is 3.94. The van der Waals surface area contributed by atoms with Crippen LogP contribution in [0.3, 0.4) is 0 Å². The molecule has 0 bridgehead atoms. The quantitative estimate of drug-likeness (QED) is 0.543. The van der Waals surface area contributed by atoms with Gasteiger partial charge in [0.1, 0.15) is 0 Å². The summed E-state index contributed by atoms with van der Waals surface area (Å²) < 4.78 is 10.6. The van der Waals surface area contributed by atoms with Crippen molar-refractivity contribution >= 4 is 16.7 Å². The smallest absolute Gasteiger partial charge is 0.343 e. The van der Waals surface area contributed by atoms with E-state index < -0.39 is 5.97 Å². The van der Waals surface area contributed by atoms with Crippen LogP contribution in [0.15, 0.2) is 60.7 Å². The number of ether oxygens (including phenoxy) is 2. The first-order chi connectivity index (χ1) is 11.2. The van der Waals surface area contributed by atoms with Crippen LogP contribution in [-0.4, -0.2) is 13.1 Å². The third kappa shape index (κ3) is 2.99. The number of fused-ring (bicyclic) bond motifs is 1. The van der Waals surface area contributed by atoms with Gasteiger partial charge in [-0.05, 0) is 35.0 Å². The number of carbonyl (C=O) groups excluding carboxylic acids is 1. The molecule has 0 fully saturated rings. The topological polar surface area (TPSA) is 59.3 Å². The van der Waals surface area contributed by atoms with Crippen LogP contribution in [0.4, 0.5) is 0 Å². The number of hydrogen-bond donors (Lipinski definition) is 0. The second kappa shape index (κ2) is 6.20. The van der Waals surface area contributed by atoms with Crippen LogP contribution in [-0.2, 0) is 0 Å². The van der Waals surface area contributed by atoms with Gasteiger partial charge in [-0.15, -0.1) is 0 Å². The first-order valence-electron chi connectivity index (χ1n) is 7.00. The minimum absolute atomic E-state index is 0.282. The molecule has 4 heteroatoms. The van der Waals surface area contributed by atoms with Gasteiger partial charge in [0, 0.05) is 6.07 Å². The zero-order valence-electron chi connectivity index (χ0n) is 12.4. The van der Waals surface area contributed by atoms with Crippen LogP contribution in [0, 0.1) is 11.3 Å². The van der Waals surface area contributed by atoms with Crippen LogP contribution in [0.2, 0.25) is 0 Å². The maximum absolute atomic E-state index is 12.3. The van der Waals surface area contributed by atoms with E-state index in [1.54, 1.807) is 24.3 Å². The largest absolute Gasteiger partial charge is 0.493 e. The molecule has 0 N–H and O–H groups in total. The second-order valence-corrected chi connectivity index (χ2v) is 4.93. The van der Waals surface area contributed by atoms with Crippen LogP contribution in [0.25, 0.3) is 10.8 Å². The number of benzene rings is 3. The highest BCUT2D eigenvalue weighted by Gasteiger charge is 2.13. The molecule has 3 aromatic carbocycles. The van der Waals surface area contributed by atoms with Crippen molar-refractivity contribution in [1.82, 2.24) is 0 Å². The van der Waals surface area contributed by atoms with Gasteiger partial charge >= 0.3 is 5.97 Å². The summed E-state index contributed by atoms with van der Waals surface area (Å²) in [6, 6.07) is 19.8. The van der Waals surface area contributed by atoms with Crippen molar-refractivity contribution in [2.75, 3.05) is 7.11 Å². The first-order valence-corrected chi connectivity index (χ1v) is 7.00. The van der Waals surface area contributed by atoms with Gasteiger partial charge in [-0.2, -0.15) is 5.26 Å². The molecule has 3 aromatic rings. The van der Waals surface area contributed by atoms with Gasteiger partial charge in [-0.1, -0.05) is 30.3 Å². The van der Waals surface area contributed by atoms with Gasteiger partial charge in [-0.25, -0.2) is 4.79 Å². The summed E-state index contributed by atoms with van der Waals surface area (Å²) >= 11 is 0. The van der Waals surface area contributed by atoms with E-state index in [0.717, 1.165) is 10.8 Å². The molecule has 0 atom stereocenters. The lowest BCUT2D eigenvalue weighted by Crippen LogP contribution is -2.09. The normalized spacial score (nSPS) is 10.1. The van der Waals surface area contributed by atoms with Crippen molar-refractivity contribution in [3.8, 4) is 17.6 Å². The molecular formula is C19H13NO3. The summed E-state index contributed by atoms with van der Waals surface area (Å²) in [5.41, 5.74) is 0.891. The fourth-order valence-corrected chi connectivity index (χ4v) is 2.30. The van der Waals surface area contributed by atoms with E-state index in [-0.39, 0.29) is 5.75 Å². The van der Waals surface area contributed by atoms with Crippen LogP contribution >= 0.6 is 0 Å². The van der Waals surface area contributed by atoms with E-state index in [2.05, 4.69) is 0 Å². The summed E-state index contributed by atoms with van der Waals surface area (Å²) in [5.74, 6) is 0.154. The number of methoxy groups -OCH3 is 1. The number of rotatable bonds is 3. The molecular weight excluding hydrogens is 290 g/mol. The maximum atomic E-state index is 12.3. The third-order valence-electron chi connectivity index (χ3n) is 3.48. The zero-order chi connectivity index (χ0) is 16.2. The number of esters is 1. The average molecular weight is 303 g/mol.